The molecule has 0 spiro atoms. The highest BCUT2D eigenvalue weighted by Crippen LogP contribution is 2.22. The molecule has 124 valence electrons. The van der Waals surface area contributed by atoms with E-state index in [0.29, 0.717) is 13.2 Å². The Labute approximate surface area is 142 Å². The number of rotatable bonds is 8. The van der Waals surface area contributed by atoms with Crippen molar-refractivity contribution >= 4 is 17.0 Å². The molecule has 1 aromatic heterocycles. The lowest BCUT2D eigenvalue weighted by Crippen LogP contribution is -2.29. The Morgan fingerprint density at radius 3 is 2.52 bits per heavy atom. The van der Waals surface area contributed by atoms with Crippen LogP contribution in [0.2, 0.25) is 0 Å². The second-order valence-corrected chi connectivity index (χ2v) is 6.71. The zero-order valence-electron chi connectivity index (χ0n) is 13.6. The molecule has 0 radical (unpaired) electrons. The Morgan fingerprint density at radius 2 is 1.78 bits per heavy atom. The lowest BCUT2D eigenvalue weighted by atomic mass is 10.1. The van der Waals surface area contributed by atoms with E-state index in [1.54, 1.807) is 11.3 Å². The van der Waals surface area contributed by atoms with Gasteiger partial charge in [0.05, 0.1) is 19.8 Å². The Kier molecular flexibility index (Phi) is 6.35. The minimum atomic E-state index is 0.701. The third-order valence-electron chi connectivity index (χ3n) is 4.11. The Balaban J connectivity index is 1.32. The third-order valence-corrected chi connectivity index (χ3v) is 4.84. The van der Waals surface area contributed by atoms with Gasteiger partial charge in [-0.3, -0.25) is 0 Å². The normalized spacial score (nSPS) is 14.9. The molecule has 0 bridgehead atoms. The summed E-state index contributed by atoms with van der Waals surface area (Å²) in [4.78, 5) is 2.46. The highest BCUT2D eigenvalue weighted by molar-refractivity contribution is 7.07. The van der Waals surface area contributed by atoms with Crippen LogP contribution in [0.3, 0.4) is 0 Å². The van der Waals surface area contributed by atoms with E-state index in [4.69, 9.17) is 9.47 Å². The van der Waals surface area contributed by atoms with Gasteiger partial charge in [0.1, 0.15) is 5.75 Å². The summed E-state index contributed by atoms with van der Waals surface area (Å²) in [6.07, 6.45) is 4.90. The zero-order chi connectivity index (χ0) is 15.7. The lowest BCUT2D eigenvalue weighted by molar-refractivity contribution is 0.107. The summed E-state index contributed by atoms with van der Waals surface area (Å²) in [6, 6.07) is 10.6. The maximum Gasteiger partial charge on any atom is 0.119 e. The van der Waals surface area contributed by atoms with Gasteiger partial charge in [-0.05, 0) is 65.9 Å². The number of anilines is 1. The molecule has 2 heterocycles. The molecule has 3 nitrogen and oxygen atoms in total. The maximum atomic E-state index is 5.79. The Hall–Kier alpha value is -1.52. The fourth-order valence-corrected chi connectivity index (χ4v) is 3.47. The second-order valence-electron chi connectivity index (χ2n) is 5.93. The van der Waals surface area contributed by atoms with Gasteiger partial charge < -0.3 is 14.4 Å². The minimum absolute atomic E-state index is 0.701. The molecule has 1 fully saturated rings. The van der Waals surface area contributed by atoms with Crippen molar-refractivity contribution in [1.82, 2.24) is 0 Å². The van der Waals surface area contributed by atoms with Crippen molar-refractivity contribution in [2.75, 3.05) is 31.2 Å². The van der Waals surface area contributed by atoms with E-state index >= 15 is 0 Å². The first-order chi connectivity index (χ1) is 11.4. The van der Waals surface area contributed by atoms with Crippen LogP contribution in [0.4, 0.5) is 5.69 Å². The second kappa shape index (κ2) is 8.94. The van der Waals surface area contributed by atoms with Crippen LogP contribution in [0.25, 0.3) is 0 Å². The first-order valence-corrected chi connectivity index (χ1v) is 9.43. The molecule has 0 saturated carbocycles. The predicted octanol–water partition coefficient (Wildman–Crippen LogP) is 4.72. The molecule has 1 saturated heterocycles. The van der Waals surface area contributed by atoms with E-state index in [1.165, 1.54) is 43.6 Å². The van der Waals surface area contributed by atoms with Crippen molar-refractivity contribution < 1.29 is 9.47 Å². The first-order valence-electron chi connectivity index (χ1n) is 8.48. The zero-order valence-corrected chi connectivity index (χ0v) is 14.4. The minimum Gasteiger partial charge on any atom is -0.494 e. The van der Waals surface area contributed by atoms with Gasteiger partial charge in [-0.2, -0.15) is 11.3 Å². The average Bonchev–Trinajstić information content (AvgIpc) is 3.13. The molecule has 0 N–H and O–H groups in total. The molecule has 3 rings (SSSR count). The molecule has 2 aromatic rings. The van der Waals surface area contributed by atoms with Gasteiger partial charge in [-0.25, -0.2) is 0 Å². The largest absolute Gasteiger partial charge is 0.494 e. The predicted molar refractivity (Wildman–Crippen MR) is 96.6 cm³/mol. The summed E-state index contributed by atoms with van der Waals surface area (Å²) in [5.41, 5.74) is 2.57. The summed E-state index contributed by atoms with van der Waals surface area (Å²) in [5.74, 6) is 0.948. The van der Waals surface area contributed by atoms with Crippen LogP contribution < -0.4 is 9.64 Å². The average molecular weight is 331 g/mol. The number of benzene rings is 1. The van der Waals surface area contributed by atoms with Crippen molar-refractivity contribution in [3.63, 3.8) is 0 Å². The fraction of sp³-hybridized carbons (Fsp3) is 0.474. The van der Waals surface area contributed by atoms with Crippen LogP contribution in [-0.4, -0.2) is 26.3 Å². The van der Waals surface area contributed by atoms with Crippen molar-refractivity contribution in [3.8, 4) is 5.75 Å². The van der Waals surface area contributed by atoms with E-state index in [-0.39, 0.29) is 0 Å². The molecule has 0 amide bonds. The highest BCUT2D eigenvalue weighted by atomic mass is 32.1. The van der Waals surface area contributed by atoms with E-state index in [2.05, 4.69) is 46.0 Å². The summed E-state index contributed by atoms with van der Waals surface area (Å²) in [7, 11) is 0. The van der Waals surface area contributed by atoms with Gasteiger partial charge in [0, 0.05) is 25.2 Å². The monoisotopic (exact) mass is 331 g/mol. The molecular formula is C19H25NO2S. The van der Waals surface area contributed by atoms with E-state index < -0.39 is 0 Å². The summed E-state index contributed by atoms with van der Waals surface area (Å²) < 4.78 is 11.4. The Bertz CT molecular complexity index is 547. The maximum absolute atomic E-state index is 5.79. The van der Waals surface area contributed by atoms with Gasteiger partial charge >= 0.3 is 0 Å². The molecule has 4 heteroatoms. The van der Waals surface area contributed by atoms with Gasteiger partial charge in [0.2, 0.25) is 0 Å². The van der Waals surface area contributed by atoms with E-state index in [9.17, 15) is 0 Å². The van der Waals surface area contributed by atoms with Gasteiger partial charge in [-0.15, -0.1) is 0 Å². The molecule has 0 unspecified atom stereocenters. The van der Waals surface area contributed by atoms with Crippen molar-refractivity contribution in [3.05, 3.63) is 46.7 Å². The smallest absolute Gasteiger partial charge is 0.119 e. The quantitative estimate of drug-likeness (QED) is 0.653. The molecule has 1 aliphatic rings. The van der Waals surface area contributed by atoms with Crippen LogP contribution >= 0.6 is 11.3 Å². The number of nitrogens with zero attached hydrogens (tertiary/aromatic N) is 1. The molecule has 1 aromatic carbocycles. The van der Waals surface area contributed by atoms with Crippen molar-refractivity contribution in [2.45, 2.75) is 32.3 Å². The standard InChI is InChI=1S/C19H25NO2S/c1-2-10-20(11-3-1)18-5-7-19(8-6-18)22-13-4-12-21-15-17-9-14-23-16-17/h5-9,14,16H,1-4,10-13,15H2. The van der Waals surface area contributed by atoms with Crippen LogP contribution in [0.5, 0.6) is 5.75 Å². The topological polar surface area (TPSA) is 21.7 Å². The Morgan fingerprint density at radius 1 is 0.957 bits per heavy atom. The lowest BCUT2D eigenvalue weighted by Gasteiger charge is -2.28. The van der Waals surface area contributed by atoms with Crippen molar-refractivity contribution in [1.29, 1.82) is 0 Å². The fourth-order valence-electron chi connectivity index (χ4n) is 2.82. The number of hydrogen-bond acceptors (Lipinski definition) is 4. The molecule has 0 aliphatic carbocycles. The van der Waals surface area contributed by atoms with Gasteiger partial charge in [-0.1, -0.05) is 0 Å². The van der Waals surface area contributed by atoms with Gasteiger partial charge in [0.15, 0.2) is 0 Å². The summed E-state index contributed by atoms with van der Waals surface area (Å²) in [5, 5.41) is 4.20. The summed E-state index contributed by atoms with van der Waals surface area (Å²) in [6.45, 7) is 4.51. The third kappa shape index (κ3) is 5.26. The van der Waals surface area contributed by atoms with Crippen molar-refractivity contribution in [2.24, 2.45) is 0 Å². The van der Waals surface area contributed by atoms with E-state index in [1.807, 2.05) is 0 Å². The molecular weight excluding hydrogens is 306 g/mol. The number of ether oxygens (including phenoxy) is 2. The van der Waals surface area contributed by atoms with Crippen LogP contribution in [-0.2, 0) is 11.3 Å². The van der Waals surface area contributed by atoms with Crippen LogP contribution in [0, 0.1) is 0 Å². The van der Waals surface area contributed by atoms with Crippen LogP contribution in [0.1, 0.15) is 31.2 Å². The summed E-state index contributed by atoms with van der Waals surface area (Å²) >= 11 is 1.71. The molecule has 1 aliphatic heterocycles. The number of piperidine rings is 1. The van der Waals surface area contributed by atoms with Crippen LogP contribution in [0.15, 0.2) is 41.1 Å². The molecule has 0 atom stereocenters. The highest BCUT2D eigenvalue weighted by Gasteiger charge is 2.10. The SMILES string of the molecule is c1cc(COCCCOc2ccc(N3CCCCC3)cc2)cs1. The van der Waals surface area contributed by atoms with Gasteiger partial charge in [0.25, 0.3) is 0 Å². The van der Waals surface area contributed by atoms with E-state index in [0.717, 1.165) is 18.8 Å². The number of thiophene rings is 1. The molecule has 23 heavy (non-hydrogen) atoms. The first kappa shape index (κ1) is 16.3. The number of hydrogen-bond donors (Lipinski definition) is 0.